The van der Waals surface area contributed by atoms with Crippen LogP contribution in [0.1, 0.15) is 29.1 Å². The first-order chi connectivity index (χ1) is 8.84. The summed E-state index contributed by atoms with van der Waals surface area (Å²) in [6.45, 7) is 5.93. The lowest BCUT2D eigenvalue weighted by Gasteiger charge is -2.23. The van der Waals surface area contributed by atoms with Gasteiger partial charge in [-0.3, -0.25) is 4.79 Å². The molecule has 6 heteroatoms. The van der Waals surface area contributed by atoms with Gasteiger partial charge < -0.3 is 11.1 Å². The molecule has 0 atom stereocenters. The zero-order valence-corrected chi connectivity index (χ0v) is 13.3. The van der Waals surface area contributed by atoms with Gasteiger partial charge in [0.1, 0.15) is 5.82 Å². The predicted molar refractivity (Wildman–Crippen MR) is 84.4 cm³/mol. The average molecular weight is 317 g/mol. The number of thiophene rings is 1. The fourth-order valence-electron chi connectivity index (χ4n) is 1.82. The number of fused-ring (bicyclic) bond motifs is 1. The van der Waals surface area contributed by atoms with Crippen molar-refractivity contribution in [3.05, 3.63) is 34.5 Å². The Morgan fingerprint density at radius 2 is 2.10 bits per heavy atom. The van der Waals surface area contributed by atoms with E-state index in [-0.39, 0.29) is 24.1 Å². The third-order valence-electron chi connectivity index (χ3n) is 3.07. The number of benzene rings is 1. The number of halogens is 2. The Balaban J connectivity index is 0.00000200. The van der Waals surface area contributed by atoms with Crippen LogP contribution in [0.5, 0.6) is 0 Å². The Bertz CT molecular complexity index is 639. The molecule has 20 heavy (non-hydrogen) atoms. The van der Waals surface area contributed by atoms with E-state index in [9.17, 15) is 9.18 Å². The zero-order chi connectivity index (χ0) is 14.2. The van der Waals surface area contributed by atoms with Crippen molar-refractivity contribution in [3.8, 4) is 0 Å². The molecule has 1 heterocycles. The second-order valence-electron chi connectivity index (χ2n) is 5.24. The Morgan fingerprint density at radius 1 is 1.45 bits per heavy atom. The number of hydrogen-bond acceptors (Lipinski definition) is 3. The Labute approximate surface area is 127 Å². The highest BCUT2D eigenvalue weighted by molar-refractivity contribution is 7.21. The molecule has 3 N–H and O–H groups in total. The fraction of sp³-hybridized carbons (Fsp3) is 0.357. The van der Waals surface area contributed by atoms with Gasteiger partial charge in [-0.25, -0.2) is 4.39 Å². The molecule has 0 aliphatic carbocycles. The van der Waals surface area contributed by atoms with Crippen LogP contribution in [0.4, 0.5) is 4.39 Å². The molecule has 0 radical (unpaired) electrons. The molecule has 0 fully saturated rings. The fourth-order valence-corrected chi connectivity index (χ4v) is 2.91. The monoisotopic (exact) mass is 316 g/mol. The number of nitrogens with two attached hydrogens (primary N) is 1. The molecule has 1 aromatic heterocycles. The van der Waals surface area contributed by atoms with E-state index in [0.29, 0.717) is 11.4 Å². The molecule has 3 nitrogen and oxygen atoms in total. The van der Waals surface area contributed by atoms with Crippen LogP contribution in [0, 0.1) is 12.7 Å². The maximum atomic E-state index is 13.2. The first-order valence-electron chi connectivity index (χ1n) is 6.05. The summed E-state index contributed by atoms with van der Waals surface area (Å²) in [7, 11) is 0. The summed E-state index contributed by atoms with van der Waals surface area (Å²) in [6, 6.07) is 4.57. The normalized spacial score (nSPS) is 11.2. The number of carbonyl (C=O) groups is 1. The lowest BCUT2D eigenvalue weighted by molar-refractivity contribution is 0.0919. The molecular formula is C14H18ClFN2OS. The molecule has 0 unspecified atom stereocenters. The molecule has 2 aromatic rings. The second kappa shape index (κ2) is 6.08. The van der Waals surface area contributed by atoms with E-state index in [2.05, 4.69) is 5.32 Å². The Hall–Kier alpha value is -1.17. The van der Waals surface area contributed by atoms with Crippen LogP contribution < -0.4 is 11.1 Å². The van der Waals surface area contributed by atoms with Gasteiger partial charge in [-0.15, -0.1) is 23.7 Å². The molecule has 2 rings (SSSR count). The van der Waals surface area contributed by atoms with E-state index in [1.165, 1.54) is 23.5 Å². The molecule has 110 valence electrons. The van der Waals surface area contributed by atoms with E-state index >= 15 is 0 Å². The molecule has 0 saturated heterocycles. The number of hydrogen-bond donors (Lipinski definition) is 2. The maximum absolute atomic E-state index is 13.2. The first kappa shape index (κ1) is 16.9. The minimum Gasteiger partial charge on any atom is -0.345 e. The van der Waals surface area contributed by atoms with Gasteiger partial charge in [0.05, 0.1) is 4.88 Å². The van der Waals surface area contributed by atoms with Crippen molar-refractivity contribution in [2.75, 3.05) is 6.54 Å². The standard InChI is InChI=1S/C14H17FN2OS.ClH/c1-8-10-6-9(15)4-5-11(10)19-12(8)13(18)17-14(2,3)7-16;/h4-6H,7,16H2,1-3H3,(H,17,18);1H. The van der Waals surface area contributed by atoms with Gasteiger partial charge in [-0.1, -0.05) is 0 Å². The third kappa shape index (κ3) is 3.29. The number of carbonyl (C=O) groups excluding carboxylic acids is 1. The van der Waals surface area contributed by atoms with Gasteiger partial charge in [-0.05, 0) is 49.9 Å². The van der Waals surface area contributed by atoms with Crippen LogP contribution in [0.3, 0.4) is 0 Å². The van der Waals surface area contributed by atoms with Crippen molar-refractivity contribution < 1.29 is 9.18 Å². The highest BCUT2D eigenvalue weighted by Gasteiger charge is 2.22. The van der Waals surface area contributed by atoms with Gasteiger partial charge in [-0.2, -0.15) is 0 Å². The quantitative estimate of drug-likeness (QED) is 0.913. The van der Waals surface area contributed by atoms with E-state index in [4.69, 9.17) is 5.73 Å². The lowest BCUT2D eigenvalue weighted by atomic mass is 10.1. The van der Waals surface area contributed by atoms with Crippen molar-refractivity contribution >= 4 is 39.7 Å². The zero-order valence-electron chi connectivity index (χ0n) is 11.6. The minimum absolute atomic E-state index is 0. The first-order valence-corrected chi connectivity index (χ1v) is 6.87. The smallest absolute Gasteiger partial charge is 0.262 e. The van der Waals surface area contributed by atoms with E-state index < -0.39 is 5.54 Å². The molecule has 0 bridgehead atoms. The minimum atomic E-state index is -0.453. The number of aryl methyl sites for hydroxylation is 1. The summed E-state index contributed by atoms with van der Waals surface area (Å²) in [5, 5.41) is 3.68. The van der Waals surface area contributed by atoms with Gasteiger partial charge in [0.15, 0.2) is 0 Å². The summed E-state index contributed by atoms with van der Waals surface area (Å²) >= 11 is 1.37. The lowest BCUT2D eigenvalue weighted by Crippen LogP contribution is -2.48. The van der Waals surface area contributed by atoms with Crippen molar-refractivity contribution in [1.82, 2.24) is 5.32 Å². The van der Waals surface area contributed by atoms with Crippen LogP contribution >= 0.6 is 23.7 Å². The summed E-state index contributed by atoms with van der Waals surface area (Å²) in [4.78, 5) is 12.9. The largest absolute Gasteiger partial charge is 0.345 e. The van der Waals surface area contributed by atoms with Gasteiger partial charge in [0.2, 0.25) is 0 Å². The summed E-state index contributed by atoms with van der Waals surface area (Å²) < 4.78 is 14.2. The number of amides is 1. The molecule has 0 spiro atoms. The van der Waals surface area contributed by atoms with E-state index in [1.807, 2.05) is 20.8 Å². The highest BCUT2D eigenvalue weighted by atomic mass is 35.5. The Kier molecular flexibility index (Phi) is 5.13. The topological polar surface area (TPSA) is 55.1 Å². The van der Waals surface area contributed by atoms with Gasteiger partial charge >= 0.3 is 0 Å². The number of rotatable bonds is 3. The second-order valence-corrected chi connectivity index (χ2v) is 6.29. The Morgan fingerprint density at radius 3 is 2.70 bits per heavy atom. The van der Waals surface area contributed by atoms with Crippen LogP contribution in [0.2, 0.25) is 0 Å². The molecular weight excluding hydrogens is 299 g/mol. The van der Waals surface area contributed by atoms with Crippen LogP contribution in [0.15, 0.2) is 18.2 Å². The third-order valence-corrected chi connectivity index (χ3v) is 4.34. The predicted octanol–water partition coefficient (Wildman–Crippen LogP) is 3.24. The molecule has 0 saturated carbocycles. The molecule has 0 aliphatic heterocycles. The van der Waals surface area contributed by atoms with Crippen molar-refractivity contribution in [2.24, 2.45) is 5.73 Å². The average Bonchev–Trinajstić information content (AvgIpc) is 2.66. The summed E-state index contributed by atoms with van der Waals surface area (Å²) in [5.74, 6) is -0.447. The molecule has 1 aromatic carbocycles. The van der Waals surface area contributed by atoms with Crippen LogP contribution in [0.25, 0.3) is 10.1 Å². The van der Waals surface area contributed by atoms with Gasteiger partial charge in [0, 0.05) is 16.8 Å². The summed E-state index contributed by atoms with van der Waals surface area (Å²) in [5.41, 5.74) is 5.96. The molecule has 0 aliphatic rings. The number of nitrogens with one attached hydrogen (secondary N) is 1. The molecule has 1 amide bonds. The SMILES string of the molecule is Cc1c(C(=O)NC(C)(C)CN)sc2ccc(F)cc12.Cl. The maximum Gasteiger partial charge on any atom is 0.262 e. The van der Waals surface area contributed by atoms with Crippen molar-refractivity contribution in [1.29, 1.82) is 0 Å². The van der Waals surface area contributed by atoms with Crippen molar-refractivity contribution in [3.63, 3.8) is 0 Å². The van der Waals surface area contributed by atoms with Crippen LogP contribution in [-0.4, -0.2) is 18.0 Å². The highest BCUT2D eigenvalue weighted by Crippen LogP contribution is 2.31. The van der Waals surface area contributed by atoms with E-state index in [0.717, 1.165) is 15.6 Å². The summed E-state index contributed by atoms with van der Waals surface area (Å²) in [6.07, 6.45) is 0. The van der Waals surface area contributed by atoms with E-state index in [1.54, 1.807) is 6.07 Å². The van der Waals surface area contributed by atoms with Crippen molar-refractivity contribution in [2.45, 2.75) is 26.3 Å². The van der Waals surface area contributed by atoms with Gasteiger partial charge in [0.25, 0.3) is 5.91 Å². The van der Waals surface area contributed by atoms with Crippen LogP contribution in [-0.2, 0) is 0 Å².